The van der Waals surface area contributed by atoms with E-state index in [2.05, 4.69) is 13.8 Å². The first-order valence-corrected chi connectivity index (χ1v) is 11.0. The molecule has 0 aromatic carbocycles. The molecule has 1 amide bonds. The summed E-state index contributed by atoms with van der Waals surface area (Å²) in [6.45, 7) is 4.34. The van der Waals surface area contributed by atoms with Crippen molar-refractivity contribution in [2.75, 3.05) is 0 Å². The number of carbonyl (C=O) groups is 1. The van der Waals surface area contributed by atoms with Gasteiger partial charge in [-0.15, -0.1) is 0 Å². The highest BCUT2D eigenvalue weighted by Crippen LogP contribution is 2.16. The summed E-state index contributed by atoms with van der Waals surface area (Å²) in [5.74, 6) is -0.00453. The second kappa shape index (κ2) is 18.8. The van der Waals surface area contributed by atoms with E-state index < -0.39 is 0 Å². The SMILES string of the molecule is CCCCCCCCCCCCCCCCCCC(CC)C(N)=O. The van der Waals surface area contributed by atoms with Crippen molar-refractivity contribution in [1.29, 1.82) is 0 Å². The number of primary amides is 1. The lowest BCUT2D eigenvalue weighted by Crippen LogP contribution is -2.22. The largest absolute Gasteiger partial charge is 0.369 e. The highest BCUT2D eigenvalue weighted by Gasteiger charge is 2.11. The molecule has 24 heavy (non-hydrogen) atoms. The molecule has 0 heterocycles. The topological polar surface area (TPSA) is 43.1 Å². The van der Waals surface area contributed by atoms with Crippen LogP contribution in [0.2, 0.25) is 0 Å². The molecular weight excluding hydrogens is 294 g/mol. The highest BCUT2D eigenvalue weighted by molar-refractivity contribution is 5.76. The molecule has 0 aromatic rings. The molecule has 0 spiro atoms. The van der Waals surface area contributed by atoms with Crippen LogP contribution in [0, 0.1) is 5.92 Å². The fourth-order valence-corrected chi connectivity index (χ4v) is 3.49. The van der Waals surface area contributed by atoms with Gasteiger partial charge in [-0.2, -0.15) is 0 Å². The van der Waals surface area contributed by atoms with E-state index in [9.17, 15) is 4.79 Å². The Morgan fingerprint density at radius 1 is 0.625 bits per heavy atom. The number of hydrogen-bond acceptors (Lipinski definition) is 1. The van der Waals surface area contributed by atoms with Gasteiger partial charge in [-0.3, -0.25) is 4.79 Å². The van der Waals surface area contributed by atoms with Crippen molar-refractivity contribution in [2.24, 2.45) is 11.7 Å². The summed E-state index contributed by atoms with van der Waals surface area (Å²) >= 11 is 0. The molecule has 1 atom stereocenters. The number of rotatable bonds is 19. The first-order valence-electron chi connectivity index (χ1n) is 11.0. The molecule has 144 valence electrons. The van der Waals surface area contributed by atoms with Gasteiger partial charge in [0.2, 0.25) is 5.91 Å². The molecule has 0 aliphatic carbocycles. The minimum Gasteiger partial charge on any atom is -0.369 e. The van der Waals surface area contributed by atoms with Crippen LogP contribution in [0.25, 0.3) is 0 Å². The Morgan fingerprint density at radius 2 is 0.958 bits per heavy atom. The van der Waals surface area contributed by atoms with Crippen LogP contribution in [0.3, 0.4) is 0 Å². The molecule has 0 saturated carbocycles. The molecule has 2 nitrogen and oxygen atoms in total. The summed E-state index contributed by atoms with van der Waals surface area (Å²) in [6.07, 6.45) is 24.1. The van der Waals surface area contributed by atoms with Crippen LogP contribution in [0.4, 0.5) is 0 Å². The number of amides is 1. The second-order valence-electron chi connectivity index (χ2n) is 7.60. The van der Waals surface area contributed by atoms with Gasteiger partial charge < -0.3 is 5.73 Å². The van der Waals surface area contributed by atoms with Crippen molar-refractivity contribution in [2.45, 2.75) is 129 Å². The Kier molecular flexibility index (Phi) is 18.4. The molecule has 0 fully saturated rings. The summed E-state index contributed by atoms with van der Waals surface area (Å²) in [7, 11) is 0. The maximum Gasteiger partial charge on any atom is 0.220 e. The van der Waals surface area contributed by atoms with Gasteiger partial charge in [-0.05, 0) is 12.8 Å². The molecule has 1 unspecified atom stereocenters. The van der Waals surface area contributed by atoms with E-state index in [1.807, 2.05) is 0 Å². The lowest BCUT2D eigenvalue weighted by molar-refractivity contribution is -0.122. The van der Waals surface area contributed by atoms with Crippen LogP contribution >= 0.6 is 0 Å². The standard InChI is InChI=1S/C22H45NO/c1-3-5-6-7-8-9-10-11-12-13-14-15-16-17-18-19-20-21(4-2)22(23)24/h21H,3-20H2,1-2H3,(H2,23,24). The molecule has 0 saturated heterocycles. The third-order valence-corrected chi connectivity index (χ3v) is 5.30. The van der Waals surface area contributed by atoms with Gasteiger partial charge in [0.15, 0.2) is 0 Å². The molecule has 0 aliphatic heterocycles. The monoisotopic (exact) mass is 339 g/mol. The number of hydrogen-bond donors (Lipinski definition) is 1. The smallest absolute Gasteiger partial charge is 0.220 e. The van der Waals surface area contributed by atoms with E-state index >= 15 is 0 Å². The Balaban J connectivity index is 3.11. The van der Waals surface area contributed by atoms with Crippen LogP contribution in [0.15, 0.2) is 0 Å². The maximum absolute atomic E-state index is 11.1. The molecule has 2 N–H and O–H groups in total. The summed E-state index contributed by atoms with van der Waals surface area (Å²) in [4.78, 5) is 11.1. The van der Waals surface area contributed by atoms with Crippen molar-refractivity contribution in [3.63, 3.8) is 0 Å². The molecule has 0 aromatic heterocycles. The number of carbonyl (C=O) groups excluding carboxylic acids is 1. The van der Waals surface area contributed by atoms with E-state index in [0.717, 1.165) is 12.8 Å². The van der Waals surface area contributed by atoms with Gasteiger partial charge in [0.1, 0.15) is 0 Å². The summed E-state index contributed by atoms with van der Waals surface area (Å²) < 4.78 is 0. The van der Waals surface area contributed by atoms with E-state index in [1.54, 1.807) is 0 Å². The van der Waals surface area contributed by atoms with E-state index in [4.69, 9.17) is 5.73 Å². The summed E-state index contributed by atoms with van der Waals surface area (Å²) in [5, 5.41) is 0. The zero-order valence-corrected chi connectivity index (χ0v) is 16.8. The predicted octanol–water partition coefficient (Wildman–Crippen LogP) is 7.15. The minimum atomic E-state index is -0.113. The maximum atomic E-state index is 11.1. The average molecular weight is 340 g/mol. The van der Waals surface area contributed by atoms with Crippen molar-refractivity contribution in [3.8, 4) is 0 Å². The quantitative estimate of drug-likeness (QED) is 0.249. The first kappa shape index (κ1) is 23.5. The Labute approximate surface area is 152 Å². The van der Waals surface area contributed by atoms with Crippen LogP contribution in [-0.4, -0.2) is 5.91 Å². The van der Waals surface area contributed by atoms with Crippen molar-refractivity contribution in [3.05, 3.63) is 0 Å². The van der Waals surface area contributed by atoms with Gasteiger partial charge in [0.25, 0.3) is 0 Å². The highest BCUT2D eigenvalue weighted by atomic mass is 16.1. The molecule has 0 rings (SSSR count). The molecular formula is C22H45NO. The molecule has 2 heteroatoms. The van der Waals surface area contributed by atoms with Gasteiger partial charge in [0, 0.05) is 5.92 Å². The third kappa shape index (κ3) is 16.3. The van der Waals surface area contributed by atoms with Gasteiger partial charge in [-0.1, -0.05) is 117 Å². The average Bonchev–Trinajstić information content (AvgIpc) is 2.57. The fourth-order valence-electron chi connectivity index (χ4n) is 3.49. The van der Waals surface area contributed by atoms with E-state index in [-0.39, 0.29) is 11.8 Å². The first-order chi connectivity index (χ1) is 11.7. The Morgan fingerprint density at radius 3 is 1.25 bits per heavy atom. The number of nitrogens with two attached hydrogens (primary N) is 1. The van der Waals surface area contributed by atoms with E-state index in [1.165, 1.54) is 103 Å². The third-order valence-electron chi connectivity index (χ3n) is 5.30. The van der Waals surface area contributed by atoms with Gasteiger partial charge in [-0.25, -0.2) is 0 Å². The molecule has 0 aliphatic rings. The van der Waals surface area contributed by atoms with Crippen LogP contribution in [-0.2, 0) is 4.79 Å². The Bertz CT molecular complexity index is 265. The van der Waals surface area contributed by atoms with Crippen molar-refractivity contribution < 1.29 is 4.79 Å². The second-order valence-corrected chi connectivity index (χ2v) is 7.60. The fraction of sp³-hybridized carbons (Fsp3) is 0.955. The Hall–Kier alpha value is -0.530. The van der Waals surface area contributed by atoms with Crippen molar-refractivity contribution in [1.82, 2.24) is 0 Å². The zero-order valence-electron chi connectivity index (χ0n) is 16.8. The van der Waals surface area contributed by atoms with Gasteiger partial charge in [0.05, 0.1) is 0 Å². The minimum absolute atomic E-state index is 0.108. The van der Waals surface area contributed by atoms with Gasteiger partial charge >= 0.3 is 0 Å². The van der Waals surface area contributed by atoms with Crippen molar-refractivity contribution >= 4 is 5.91 Å². The number of unbranched alkanes of at least 4 members (excludes halogenated alkanes) is 15. The van der Waals surface area contributed by atoms with Crippen LogP contribution < -0.4 is 5.73 Å². The normalized spacial score (nSPS) is 12.4. The predicted molar refractivity (Wildman–Crippen MR) is 107 cm³/mol. The zero-order chi connectivity index (χ0) is 17.9. The molecule has 0 radical (unpaired) electrons. The lowest BCUT2D eigenvalue weighted by atomic mass is 9.97. The van der Waals surface area contributed by atoms with Crippen LogP contribution in [0.5, 0.6) is 0 Å². The lowest BCUT2D eigenvalue weighted by Gasteiger charge is -2.09. The van der Waals surface area contributed by atoms with E-state index in [0.29, 0.717) is 0 Å². The summed E-state index contributed by atoms with van der Waals surface area (Å²) in [5.41, 5.74) is 5.37. The van der Waals surface area contributed by atoms with Crippen LogP contribution in [0.1, 0.15) is 129 Å². The summed E-state index contributed by atoms with van der Waals surface area (Å²) in [6, 6.07) is 0. The molecule has 0 bridgehead atoms.